The average Bonchev–Trinajstić information content (AvgIpc) is 2.68. The van der Waals surface area contributed by atoms with E-state index in [2.05, 4.69) is 10.2 Å². The third-order valence-corrected chi connectivity index (χ3v) is 5.16. The highest BCUT2D eigenvalue weighted by atomic mass is 35.5. The lowest BCUT2D eigenvalue weighted by Crippen LogP contribution is -2.41. The number of carbonyl (C=O) groups excluding carboxylic acids is 2. The number of hydrogen-bond acceptors (Lipinski definition) is 4. The summed E-state index contributed by atoms with van der Waals surface area (Å²) >= 11 is 5.88. The molecule has 2 aromatic carbocycles. The highest BCUT2D eigenvalue weighted by Gasteiger charge is 2.25. The Bertz CT molecular complexity index is 799. The van der Waals surface area contributed by atoms with Crippen molar-refractivity contribution < 1.29 is 14.7 Å². The summed E-state index contributed by atoms with van der Waals surface area (Å²) in [4.78, 5) is 26.9. The second-order valence-electron chi connectivity index (χ2n) is 6.79. The van der Waals surface area contributed by atoms with Gasteiger partial charge in [0.2, 0.25) is 0 Å². The van der Waals surface area contributed by atoms with Gasteiger partial charge >= 0.3 is 0 Å². The minimum atomic E-state index is -0.196. The lowest BCUT2D eigenvalue weighted by atomic mass is 9.89. The largest absolute Gasteiger partial charge is 0.508 e. The lowest BCUT2D eigenvalue weighted by molar-refractivity contribution is 0.0839. The molecule has 0 aliphatic carbocycles. The number of piperidine rings is 1. The highest BCUT2D eigenvalue weighted by molar-refractivity contribution is 6.30. The minimum absolute atomic E-state index is 0.0457. The van der Waals surface area contributed by atoms with Gasteiger partial charge in [0.05, 0.1) is 0 Å². The number of phenolic OH excluding ortho intramolecular Hbond substituents is 1. The fraction of sp³-hybridized carbons (Fsp3) is 0.333. The summed E-state index contributed by atoms with van der Waals surface area (Å²) in [7, 11) is 0. The number of ketones is 1. The monoisotopic (exact) mass is 386 g/mol. The van der Waals surface area contributed by atoms with Crippen LogP contribution in [-0.2, 0) is 0 Å². The van der Waals surface area contributed by atoms with E-state index in [1.165, 1.54) is 12.1 Å². The Labute approximate surface area is 163 Å². The third-order valence-electron chi connectivity index (χ3n) is 4.91. The fourth-order valence-electron chi connectivity index (χ4n) is 3.35. The van der Waals surface area contributed by atoms with Crippen LogP contribution < -0.4 is 5.32 Å². The second kappa shape index (κ2) is 9.02. The summed E-state index contributed by atoms with van der Waals surface area (Å²) in [5.41, 5.74) is 1.17. The Morgan fingerprint density at radius 1 is 1.07 bits per heavy atom. The summed E-state index contributed by atoms with van der Waals surface area (Å²) in [5.74, 6) is 0.113. The molecule has 142 valence electrons. The van der Waals surface area contributed by atoms with Crippen LogP contribution in [0.2, 0.25) is 5.02 Å². The van der Waals surface area contributed by atoms with Gasteiger partial charge in [-0.1, -0.05) is 17.7 Å². The predicted molar refractivity (Wildman–Crippen MR) is 105 cm³/mol. The van der Waals surface area contributed by atoms with Gasteiger partial charge in [0, 0.05) is 35.2 Å². The van der Waals surface area contributed by atoms with Crippen molar-refractivity contribution >= 4 is 23.3 Å². The van der Waals surface area contributed by atoms with Crippen molar-refractivity contribution in [3.63, 3.8) is 0 Å². The normalized spacial score (nSPS) is 15.4. The van der Waals surface area contributed by atoms with E-state index in [-0.39, 0.29) is 23.4 Å². The maximum Gasteiger partial charge on any atom is 0.251 e. The first kappa shape index (κ1) is 19.4. The molecule has 27 heavy (non-hydrogen) atoms. The summed E-state index contributed by atoms with van der Waals surface area (Å²) in [6.07, 6.45) is 1.64. The molecule has 0 saturated carbocycles. The smallest absolute Gasteiger partial charge is 0.251 e. The van der Waals surface area contributed by atoms with Crippen LogP contribution in [0.5, 0.6) is 5.75 Å². The molecule has 6 heteroatoms. The molecule has 2 N–H and O–H groups in total. The summed E-state index contributed by atoms with van der Waals surface area (Å²) < 4.78 is 0. The van der Waals surface area contributed by atoms with Crippen molar-refractivity contribution in [1.29, 1.82) is 0 Å². The maximum atomic E-state index is 12.6. The van der Waals surface area contributed by atoms with Crippen LogP contribution in [-0.4, -0.2) is 47.9 Å². The van der Waals surface area contributed by atoms with E-state index in [1.807, 2.05) is 0 Å². The number of carbonyl (C=O) groups is 2. The van der Waals surface area contributed by atoms with Gasteiger partial charge in [-0.05, 0) is 68.4 Å². The van der Waals surface area contributed by atoms with Crippen molar-refractivity contribution in [3.05, 3.63) is 64.7 Å². The molecule has 0 aromatic heterocycles. The number of likely N-dealkylation sites (tertiary alicyclic amines) is 1. The zero-order valence-electron chi connectivity index (χ0n) is 15.0. The van der Waals surface area contributed by atoms with Crippen molar-refractivity contribution in [3.8, 4) is 5.75 Å². The summed E-state index contributed by atoms with van der Waals surface area (Å²) in [6, 6.07) is 13.4. The molecule has 1 aliphatic rings. The molecular weight excluding hydrogens is 364 g/mol. The summed E-state index contributed by atoms with van der Waals surface area (Å²) in [5, 5.41) is 12.9. The van der Waals surface area contributed by atoms with Crippen LogP contribution in [0.15, 0.2) is 48.5 Å². The van der Waals surface area contributed by atoms with Crippen LogP contribution in [0.1, 0.15) is 33.6 Å². The molecular formula is C21H23ClN2O3. The van der Waals surface area contributed by atoms with Crippen LogP contribution in [0.4, 0.5) is 0 Å². The molecule has 5 nitrogen and oxygen atoms in total. The van der Waals surface area contributed by atoms with E-state index in [4.69, 9.17) is 11.6 Å². The number of rotatable bonds is 6. The Kier molecular flexibility index (Phi) is 6.48. The SMILES string of the molecule is O=C(NCCN1CCC(C(=O)c2ccc(Cl)cc2)CC1)c1cccc(O)c1. The van der Waals surface area contributed by atoms with Gasteiger partial charge in [-0.25, -0.2) is 0 Å². The van der Waals surface area contributed by atoms with Crippen LogP contribution in [0.25, 0.3) is 0 Å². The Morgan fingerprint density at radius 3 is 2.44 bits per heavy atom. The molecule has 1 fully saturated rings. The maximum absolute atomic E-state index is 12.6. The van der Waals surface area contributed by atoms with Crippen molar-refractivity contribution in [2.24, 2.45) is 5.92 Å². The Morgan fingerprint density at radius 2 is 1.78 bits per heavy atom. The zero-order chi connectivity index (χ0) is 19.2. The summed E-state index contributed by atoms with van der Waals surface area (Å²) in [6.45, 7) is 2.95. The lowest BCUT2D eigenvalue weighted by Gasteiger charge is -2.31. The first-order valence-corrected chi connectivity index (χ1v) is 9.50. The van der Waals surface area contributed by atoms with Crippen molar-refractivity contribution in [1.82, 2.24) is 10.2 Å². The van der Waals surface area contributed by atoms with E-state index in [0.29, 0.717) is 17.1 Å². The molecule has 1 heterocycles. The van der Waals surface area contributed by atoms with Crippen molar-refractivity contribution in [2.75, 3.05) is 26.2 Å². The second-order valence-corrected chi connectivity index (χ2v) is 7.23. The topological polar surface area (TPSA) is 69.6 Å². The van der Waals surface area contributed by atoms with E-state index >= 15 is 0 Å². The van der Waals surface area contributed by atoms with Crippen LogP contribution >= 0.6 is 11.6 Å². The number of halogens is 1. The molecule has 2 aromatic rings. The zero-order valence-corrected chi connectivity index (χ0v) is 15.8. The third kappa shape index (κ3) is 5.31. The van der Waals surface area contributed by atoms with Gasteiger partial charge in [0.15, 0.2) is 5.78 Å². The number of nitrogens with zero attached hydrogens (tertiary/aromatic N) is 1. The molecule has 1 saturated heterocycles. The average molecular weight is 387 g/mol. The van der Waals surface area contributed by atoms with E-state index in [9.17, 15) is 14.7 Å². The number of amides is 1. The van der Waals surface area contributed by atoms with Crippen molar-refractivity contribution in [2.45, 2.75) is 12.8 Å². The number of hydrogen-bond donors (Lipinski definition) is 2. The van der Waals surface area contributed by atoms with Gasteiger partial charge in [-0.15, -0.1) is 0 Å². The number of phenols is 1. The number of Topliss-reactive ketones (excluding diaryl/α,β-unsaturated/α-hetero) is 1. The van der Waals surface area contributed by atoms with Crippen LogP contribution in [0, 0.1) is 5.92 Å². The standard InChI is InChI=1S/C21H23ClN2O3/c22-18-6-4-15(5-7-18)20(26)16-8-11-24(12-9-16)13-10-23-21(27)17-2-1-3-19(25)14-17/h1-7,14,16,25H,8-13H2,(H,23,27). The van der Waals surface area contributed by atoms with Gasteiger partial charge in [0.25, 0.3) is 5.91 Å². The molecule has 1 aliphatic heterocycles. The highest BCUT2D eigenvalue weighted by Crippen LogP contribution is 2.22. The van der Waals surface area contributed by atoms with E-state index in [0.717, 1.165) is 38.0 Å². The van der Waals surface area contributed by atoms with E-state index < -0.39 is 0 Å². The van der Waals surface area contributed by atoms with Gasteiger partial charge < -0.3 is 15.3 Å². The van der Waals surface area contributed by atoms with Gasteiger partial charge in [-0.2, -0.15) is 0 Å². The van der Waals surface area contributed by atoms with Gasteiger partial charge in [-0.3, -0.25) is 9.59 Å². The van der Waals surface area contributed by atoms with Crippen LogP contribution in [0.3, 0.4) is 0 Å². The van der Waals surface area contributed by atoms with E-state index in [1.54, 1.807) is 36.4 Å². The molecule has 0 spiro atoms. The molecule has 0 radical (unpaired) electrons. The quantitative estimate of drug-likeness (QED) is 0.747. The molecule has 0 unspecified atom stereocenters. The molecule has 1 amide bonds. The molecule has 0 atom stereocenters. The number of benzene rings is 2. The number of aromatic hydroxyl groups is 1. The first-order chi connectivity index (χ1) is 13.0. The molecule has 0 bridgehead atoms. The Hall–Kier alpha value is -2.37. The number of nitrogens with one attached hydrogen (secondary N) is 1. The molecule has 3 rings (SSSR count). The fourth-order valence-corrected chi connectivity index (χ4v) is 3.47. The predicted octanol–water partition coefficient (Wildman–Crippen LogP) is 3.37. The minimum Gasteiger partial charge on any atom is -0.508 e. The van der Waals surface area contributed by atoms with Gasteiger partial charge in [0.1, 0.15) is 5.75 Å². The Balaban J connectivity index is 1.41. The first-order valence-electron chi connectivity index (χ1n) is 9.12.